The van der Waals surface area contributed by atoms with Crippen molar-refractivity contribution < 1.29 is 19.2 Å². The lowest BCUT2D eigenvalue weighted by atomic mass is 10.1. The lowest BCUT2D eigenvalue weighted by molar-refractivity contribution is -0.384. The predicted molar refractivity (Wildman–Crippen MR) is 113 cm³/mol. The minimum Gasteiger partial charge on any atom is -0.449 e. The third kappa shape index (κ3) is 5.07. The summed E-state index contributed by atoms with van der Waals surface area (Å²) in [7, 11) is 0. The molecule has 0 spiro atoms. The first-order valence-corrected chi connectivity index (χ1v) is 10.00. The minimum absolute atomic E-state index is 0.0235. The van der Waals surface area contributed by atoms with Gasteiger partial charge in [-0.1, -0.05) is 29.8 Å². The Kier molecular flexibility index (Phi) is 6.89. The molecule has 2 aromatic rings. The van der Waals surface area contributed by atoms with Gasteiger partial charge in [-0.05, 0) is 43.5 Å². The zero-order valence-electron chi connectivity index (χ0n) is 16.5. The second kappa shape index (κ2) is 9.58. The Morgan fingerprint density at radius 3 is 2.60 bits per heavy atom. The van der Waals surface area contributed by atoms with Crippen molar-refractivity contribution in [1.29, 1.82) is 0 Å². The summed E-state index contributed by atoms with van der Waals surface area (Å²) in [4.78, 5) is 37.6. The number of carbonyl (C=O) groups is 2. The maximum atomic E-state index is 12.4. The highest BCUT2D eigenvalue weighted by Gasteiger charge is 2.25. The molecule has 1 atom stereocenters. The molecule has 8 nitrogen and oxygen atoms in total. The lowest BCUT2D eigenvalue weighted by Crippen LogP contribution is -2.35. The van der Waals surface area contributed by atoms with Crippen LogP contribution < -0.4 is 10.2 Å². The Hall–Kier alpha value is -3.13. The zero-order chi connectivity index (χ0) is 21.7. The van der Waals surface area contributed by atoms with Crippen molar-refractivity contribution in [3.63, 3.8) is 0 Å². The van der Waals surface area contributed by atoms with Crippen molar-refractivity contribution in [3.05, 3.63) is 68.7 Å². The van der Waals surface area contributed by atoms with E-state index < -0.39 is 22.9 Å². The molecule has 1 fully saturated rings. The molecule has 3 rings (SSSR count). The van der Waals surface area contributed by atoms with E-state index in [0.717, 1.165) is 31.5 Å². The molecule has 2 aromatic carbocycles. The monoisotopic (exact) mass is 431 g/mol. The molecular formula is C21H22ClN3O5. The number of hydrogen-bond donors (Lipinski definition) is 1. The van der Waals surface area contributed by atoms with Crippen LogP contribution in [0.3, 0.4) is 0 Å². The molecule has 0 saturated carbocycles. The number of benzene rings is 2. The third-order valence-electron chi connectivity index (χ3n) is 4.92. The first kappa shape index (κ1) is 21.6. The van der Waals surface area contributed by atoms with E-state index in [4.69, 9.17) is 16.3 Å². The number of nitrogens with one attached hydrogen (secondary N) is 1. The number of rotatable bonds is 7. The smallest absolute Gasteiger partial charge is 0.339 e. The van der Waals surface area contributed by atoms with Gasteiger partial charge in [0.2, 0.25) is 0 Å². The summed E-state index contributed by atoms with van der Waals surface area (Å²) in [6.07, 6.45) is 0.876. The molecule has 1 unspecified atom stereocenters. The van der Waals surface area contributed by atoms with Gasteiger partial charge in [-0.2, -0.15) is 0 Å². The SMILES string of the molecule is CC(OC(=O)c1ccc(N2CCCC2)c([N+](=O)[O-])c1)C(=O)NCc1ccccc1Cl. The van der Waals surface area contributed by atoms with Crippen LogP contribution in [0.15, 0.2) is 42.5 Å². The van der Waals surface area contributed by atoms with Crippen molar-refractivity contribution >= 4 is 34.9 Å². The van der Waals surface area contributed by atoms with Gasteiger partial charge in [0.1, 0.15) is 5.69 Å². The van der Waals surface area contributed by atoms with E-state index in [0.29, 0.717) is 10.7 Å². The van der Waals surface area contributed by atoms with Crippen LogP contribution in [0, 0.1) is 10.1 Å². The largest absolute Gasteiger partial charge is 0.449 e. The summed E-state index contributed by atoms with van der Waals surface area (Å²) in [6.45, 7) is 3.11. The van der Waals surface area contributed by atoms with E-state index in [1.54, 1.807) is 30.3 Å². The summed E-state index contributed by atoms with van der Waals surface area (Å²) >= 11 is 6.06. The van der Waals surface area contributed by atoms with Gasteiger partial charge >= 0.3 is 5.97 Å². The number of amides is 1. The molecule has 0 radical (unpaired) electrons. The van der Waals surface area contributed by atoms with Crippen LogP contribution in [0.1, 0.15) is 35.7 Å². The van der Waals surface area contributed by atoms with Crippen LogP contribution in [0.25, 0.3) is 0 Å². The van der Waals surface area contributed by atoms with E-state index in [9.17, 15) is 19.7 Å². The molecule has 0 bridgehead atoms. The average Bonchev–Trinajstić information content (AvgIpc) is 3.27. The van der Waals surface area contributed by atoms with Crippen molar-refractivity contribution in [2.24, 2.45) is 0 Å². The van der Waals surface area contributed by atoms with Gasteiger partial charge in [-0.15, -0.1) is 0 Å². The number of nitro benzene ring substituents is 1. The maximum absolute atomic E-state index is 12.4. The standard InChI is InChI=1S/C21H22ClN3O5/c1-14(20(26)23-13-16-6-2-3-7-17(16)22)30-21(27)15-8-9-18(19(12-15)25(28)29)24-10-4-5-11-24/h2-3,6-9,12,14H,4-5,10-11,13H2,1H3,(H,23,26). The van der Waals surface area contributed by atoms with Crippen LogP contribution in [-0.4, -0.2) is 36.0 Å². The molecular weight excluding hydrogens is 410 g/mol. The topological polar surface area (TPSA) is 102 Å². The summed E-state index contributed by atoms with van der Waals surface area (Å²) in [5, 5.41) is 14.7. The number of anilines is 1. The molecule has 0 aromatic heterocycles. The van der Waals surface area contributed by atoms with Crippen molar-refractivity contribution in [3.8, 4) is 0 Å². The van der Waals surface area contributed by atoms with E-state index in [-0.39, 0.29) is 17.8 Å². The Morgan fingerprint density at radius 1 is 1.23 bits per heavy atom. The molecule has 1 aliphatic heterocycles. The number of nitro groups is 1. The molecule has 1 aliphatic rings. The summed E-state index contributed by atoms with van der Waals surface area (Å²) in [6, 6.07) is 11.3. The maximum Gasteiger partial charge on any atom is 0.339 e. The van der Waals surface area contributed by atoms with Crippen LogP contribution in [0.2, 0.25) is 5.02 Å². The van der Waals surface area contributed by atoms with Gasteiger partial charge in [-0.3, -0.25) is 14.9 Å². The Balaban J connectivity index is 1.64. The van der Waals surface area contributed by atoms with Crippen molar-refractivity contribution in [2.45, 2.75) is 32.4 Å². The summed E-state index contributed by atoms with van der Waals surface area (Å²) in [5.41, 5.74) is 1.09. The molecule has 1 amide bonds. The van der Waals surface area contributed by atoms with Gasteiger partial charge in [-0.25, -0.2) is 4.79 Å². The minimum atomic E-state index is -1.07. The number of halogens is 1. The van der Waals surface area contributed by atoms with E-state index in [2.05, 4.69) is 5.32 Å². The van der Waals surface area contributed by atoms with Crippen LogP contribution in [0.4, 0.5) is 11.4 Å². The van der Waals surface area contributed by atoms with Gasteiger partial charge in [0.05, 0.1) is 10.5 Å². The Morgan fingerprint density at radius 2 is 1.93 bits per heavy atom. The third-order valence-corrected chi connectivity index (χ3v) is 5.29. The fourth-order valence-corrected chi connectivity index (χ4v) is 3.47. The summed E-state index contributed by atoms with van der Waals surface area (Å²) in [5.74, 6) is -1.29. The number of esters is 1. The molecule has 1 N–H and O–H groups in total. The number of hydrogen-bond acceptors (Lipinski definition) is 6. The van der Waals surface area contributed by atoms with E-state index in [1.807, 2.05) is 4.90 Å². The van der Waals surface area contributed by atoms with E-state index in [1.165, 1.54) is 19.1 Å². The van der Waals surface area contributed by atoms with Gasteiger partial charge in [0, 0.05) is 30.7 Å². The van der Waals surface area contributed by atoms with Crippen LogP contribution >= 0.6 is 11.6 Å². The highest BCUT2D eigenvalue weighted by atomic mass is 35.5. The molecule has 30 heavy (non-hydrogen) atoms. The second-order valence-electron chi connectivity index (χ2n) is 7.01. The first-order chi connectivity index (χ1) is 14.4. The molecule has 158 valence electrons. The second-order valence-corrected chi connectivity index (χ2v) is 7.42. The normalized spacial score (nSPS) is 14.3. The summed E-state index contributed by atoms with van der Waals surface area (Å²) < 4.78 is 5.20. The van der Waals surface area contributed by atoms with Crippen LogP contribution in [-0.2, 0) is 16.1 Å². The van der Waals surface area contributed by atoms with E-state index >= 15 is 0 Å². The number of nitrogens with zero attached hydrogens (tertiary/aromatic N) is 2. The highest BCUT2D eigenvalue weighted by Crippen LogP contribution is 2.32. The van der Waals surface area contributed by atoms with Crippen molar-refractivity contribution in [2.75, 3.05) is 18.0 Å². The molecule has 0 aliphatic carbocycles. The molecule has 1 heterocycles. The highest BCUT2D eigenvalue weighted by molar-refractivity contribution is 6.31. The molecule has 1 saturated heterocycles. The first-order valence-electron chi connectivity index (χ1n) is 9.62. The lowest BCUT2D eigenvalue weighted by Gasteiger charge is -2.18. The fourth-order valence-electron chi connectivity index (χ4n) is 3.27. The van der Waals surface area contributed by atoms with Gasteiger partial charge in [0.25, 0.3) is 11.6 Å². The quantitative estimate of drug-likeness (QED) is 0.407. The Labute approximate surface area is 178 Å². The average molecular weight is 432 g/mol. The Bertz CT molecular complexity index is 959. The van der Waals surface area contributed by atoms with Crippen molar-refractivity contribution in [1.82, 2.24) is 5.32 Å². The number of carbonyl (C=O) groups excluding carboxylic acids is 2. The number of ether oxygens (including phenoxy) is 1. The molecule has 9 heteroatoms. The van der Waals surface area contributed by atoms with Gasteiger partial charge < -0.3 is 15.0 Å². The fraction of sp³-hybridized carbons (Fsp3) is 0.333. The predicted octanol–water partition coefficient (Wildman–Crippen LogP) is 3.71. The zero-order valence-corrected chi connectivity index (χ0v) is 17.2. The van der Waals surface area contributed by atoms with Crippen LogP contribution in [0.5, 0.6) is 0 Å². The van der Waals surface area contributed by atoms with Gasteiger partial charge in [0.15, 0.2) is 6.10 Å².